The average molecular weight is 503 g/mol. The molecule has 0 saturated carbocycles. The molecule has 4 rings (SSSR count). The zero-order valence-corrected chi connectivity index (χ0v) is 18.9. The molecule has 2 aliphatic rings. The predicted molar refractivity (Wildman–Crippen MR) is 120 cm³/mol. The van der Waals surface area contributed by atoms with E-state index in [9.17, 15) is 26.4 Å². The Bertz CT molecular complexity index is 1170. The lowest BCUT2D eigenvalue weighted by molar-refractivity contribution is -0.137. The van der Waals surface area contributed by atoms with Crippen LogP contribution in [0.15, 0.2) is 53.5 Å². The first-order valence-electron chi connectivity index (χ1n) is 9.72. The number of nitrogens with zero attached hydrogens (tertiary/aromatic N) is 2. The number of hydrogen-bond donors (Lipinski definition) is 0. The summed E-state index contributed by atoms with van der Waals surface area (Å²) in [6.07, 6.45) is -4.07. The number of thioether (sulfide) groups is 1. The smallest absolute Gasteiger partial charge is 0.316 e. The van der Waals surface area contributed by atoms with Crippen molar-refractivity contribution in [1.82, 2.24) is 0 Å². The van der Waals surface area contributed by atoms with Gasteiger partial charge in [0.1, 0.15) is 0 Å². The number of aryl methyl sites for hydroxylation is 1. The van der Waals surface area contributed by atoms with E-state index in [1.54, 1.807) is 0 Å². The Hall–Kier alpha value is -2.04. The molecule has 2 aliphatic heterocycles. The summed E-state index contributed by atoms with van der Waals surface area (Å²) in [5, 5.41) is -0.657. The fraction of sp³-hybridized carbons (Fsp3) is 0.333. The van der Waals surface area contributed by atoms with Crippen LogP contribution in [0.1, 0.15) is 17.5 Å². The van der Waals surface area contributed by atoms with Crippen LogP contribution in [0, 0.1) is 0 Å². The van der Waals surface area contributed by atoms with Gasteiger partial charge in [-0.15, -0.1) is 0 Å². The zero-order valence-electron chi connectivity index (χ0n) is 16.5. The van der Waals surface area contributed by atoms with E-state index in [-0.39, 0.29) is 28.8 Å². The molecule has 2 fully saturated rings. The van der Waals surface area contributed by atoms with E-state index < -0.39 is 43.8 Å². The standard InChI is InChI=1S/C21H18ClF3N2O3S2/c22-16-8-7-14(10-15(16)21(23,24)25)27-17-11-32(29,30)12-18(17)31-20(27)26-19(28)9-6-13-4-2-1-3-5-13/h1-5,7-8,10,17-18H,6,9,11-12H2/t17-,18-/m1/s1. The zero-order chi connectivity index (χ0) is 23.1. The van der Waals surface area contributed by atoms with Gasteiger partial charge in [0.25, 0.3) is 0 Å². The number of carbonyl (C=O) groups is 1. The van der Waals surface area contributed by atoms with Gasteiger partial charge in [-0.3, -0.25) is 4.79 Å². The molecule has 2 aromatic carbocycles. The van der Waals surface area contributed by atoms with Gasteiger partial charge in [-0.2, -0.15) is 18.2 Å². The first kappa shape index (κ1) is 23.1. The summed E-state index contributed by atoms with van der Waals surface area (Å²) in [5.74, 6) is -0.754. The number of benzene rings is 2. The first-order valence-corrected chi connectivity index (χ1v) is 12.8. The van der Waals surface area contributed by atoms with E-state index in [0.717, 1.165) is 29.5 Å². The molecule has 0 N–H and O–H groups in total. The van der Waals surface area contributed by atoms with Gasteiger partial charge in [0.05, 0.1) is 28.1 Å². The molecular weight excluding hydrogens is 485 g/mol. The molecule has 0 radical (unpaired) electrons. The third-order valence-corrected chi connectivity index (χ3v) is 8.83. The van der Waals surface area contributed by atoms with Crippen LogP contribution in [0.25, 0.3) is 0 Å². The number of fused-ring (bicyclic) bond motifs is 1. The molecule has 0 aromatic heterocycles. The van der Waals surface area contributed by atoms with Crippen molar-refractivity contribution < 1.29 is 26.4 Å². The normalized spacial score (nSPS) is 23.5. The van der Waals surface area contributed by atoms with Crippen LogP contribution in [-0.4, -0.2) is 42.3 Å². The molecule has 0 unspecified atom stereocenters. The molecule has 11 heteroatoms. The third kappa shape index (κ3) is 4.97. The van der Waals surface area contributed by atoms with Gasteiger partial charge in [0.2, 0.25) is 5.91 Å². The lowest BCUT2D eigenvalue weighted by Crippen LogP contribution is -2.37. The number of amidine groups is 1. The molecule has 5 nitrogen and oxygen atoms in total. The van der Waals surface area contributed by atoms with Gasteiger partial charge >= 0.3 is 6.18 Å². The SMILES string of the molecule is O=C(CCc1ccccc1)N=C1S[C@@H]2CS(=O)(=O)C[C@H]2N1c1ccc(Cl)c(C(F)(F)F)c1. The molecule has 2 heterocycles. The number of hydrogen-bond acceptors (Lipinski definition) is 4. The number of sulfone groups is 1. The molecule has 1 amide bonds. The summed E-state index contributed by atoms with van der Waals surface area (Å²) in [7, 11) is -3.34. The van der Waals surface area contributed by atoms with Gasteiger partial charge in [0.15, 0.2) is 15.0 Å². The lowest BCUT2D eigenvalue weighted by atomic mass is 10.1. The van der Waals surface area contributed by atoms with Crippen LogP contribution in [0.2, 0.25) is 5.02 Å². The number of rotatable bonds is 4. The van der Waals surface area contributed by atoms with Crippen molar-refractivity contribution in [3.63, 3.8) is 0 Å². The Labute approximate surface area is 192 Å². The van der Waals surface area contributed by atoms with Crippen molar-refractivity contribution in [1.29, 1.82) is 0 Å². The van der Waals surface area contributed by atoms with Crippen molar-refractivity contribution in [3.05, 3.63) is 64.7 Å². The van der Waals surface area contributed by atoms with Gasteiger partial charge in [-0.05, 0) is 30.2 Å². The Morgan fingerprint density at radius 2 is 1.88 bits per heavy atom. The van der Waals surface area contributed by atoms with E-state index in [2.05, 4.69) is 4.99 Å². The van der Waals surface area contributed by atoms with Crippen LogP contribution in [0.4, 0.5) is 18.9 Å². The molecule has 2 aromatic rings. The number of carbonyl (C=O) groups excluding carboxylic acids is 1. The topological polar surface area (TPSA) is 66.8 Å². The first-order chi connectivity index (χ1) is 15.0. The summed E-state index contributed by atoms with van der Waals surface area (Å²) in [5.41, 5.74) is 0.0432. The fourth-order valence-electron chi connectivity index (χ4n) is 3.81. The van der Waals surface area contributed by atoms with Gasteiger partial charge in [-0.1, -0.05) is 53.7 Å². The molecule has 170 valence electrons. The van der Waals surface area contributed by atoms with Crippen LogP contribution in [-0.2, 0) is 27.2 Å². The van der Waals surface area contributed by atoms with Crippen molar-refractivity contribution in [2.45, 2.75) is 30.3 Å². The largest absolute Gasteiger partial charge is 0.417 e. The monoisotopic (exact) mass is 502 g/mol. The quantitative estimate of drug-likeness (QED) is 0.611. The Morgan fingerprint density at radius 3 is 2.56 bits per heavy atom. The number of aliphatic imine (C=N–C) groups is 1. The van der Waals surface area contributed by atoms with E-state index in [4.69, 9.17) is 11.6 Å². The number of halogens is 4. The van der Waals surface area contributed by atoms with E-state index in [1.807, 2.05) is 30.3 Å². The second kappa shape index (κ2) is 8.72. The predicted octanol–water partition coefficient (Wildman–Crippen LogP) is 4.59. The fourth-order valence-corrected chi connectivity index (χ4v) is 7.96. The van der Waals surface area contributed by atoms with Gasteiger partial charge in [-0.25, -0.2) is 8.42 Å². The summed E-state index contributed by atoms with van der Waals surface area (Å²) in [6, 6.07) is 12.1. The van der Waals surface area contributed by atoms with Gasteiger partial charge in [0, 0.05) is 17.4 Å². The number of amides is 1. The Kier molecular flexibility index (Phi) is 6.30. The van der Waals surface area contributed by atoms with Crippen molar-refractivity contribution in [2.24, 2.45) is 4.99 Å². The molecule has 0 bridgehead atoms. The van der Waals surface area contributed by atoms with Crippen molar-refractivity contribution in [3.8, 4) is 0 Å². The molecule has 2 atom stereocenters. The molecule has 0 aliphatic carbocycles. The molecule has 0 spiro atoms. The van der Waals surface area contributed by atoms with Crippen LogP contribution >= 0.6 is 23.4 Å². The maximum Gasteiger partial charge on any atom is 0.417 e. The highest BCUT2D eigenvalue weighted by Gasteiger charge is 2.49. The van der Waals surface area contributed by atoms with Crippen molar-refractivity contribution >= 4 is 50.0 Å². The minimum atomic E-state index is -4.68. The minimum absolute atomic E-state index is 0.105. The Morgan fingerprint density at radius 1 is 1.16 bits per heavy atom. The maximum absolute atomic E-state index is 13.4. The number of anilines is 1. The average Bonchev–Trinajstić information content (AvgIpc) is 3.17. The summed E-state index contributed by atoms with van der Waals surface area (Å²) < 4.78 is 64.4. The Balaban J connectivity index is 1.65. The number of alkyl halides is 3. The molecule has 32 heavy (non-hydrogen) atoms. The van der Waals surface area contributed by atoms with Crippen LogP contribution in [0.3, 0.4) is 0 Å². The highest BCUT2D eigenvalue weighted by atomic mass is 35.5. The van der Waals surface area contributed by atoms with Gasteiger partial charge < -0.3 is 4.90 Å². The maximum atomic E-state index is 13.4. The highest BCUT2D eigenvalue weighted by molar-refractivity contribution is 8.16. The minimum Gasteiger partial charge on any atom is -0.316 e. The third-order valence-electron chi connectivity index (χ3n) is 5.29. The van der Waals surface area contributed by atoms with Crippen LogP contribution in [0.5, 0.6) is 0 Å². The second-order valence-electron chi connectivity index (χ2n) is 7.61. The summed E-state index contributed by atoms with van der Waals surface area (Å²) >= 11 is 6.86. The van der Waals surface area contributed by atoms with Crippen LogP contribution < -0.4 is 4.90 Å². The van der Waals surface area contributed by atoms with E-state index >= 15 is 0 Å². The second-order valence-corrected chi connectivity index (χ2v) is 11.4. The summed E-state index contributed by atoms with van der Waals surface area (Å²) in [4.78, 5) is 18.1. The summed E-state index contributed by atoms with van der Waals surface area (Å²) in [6.45, 7) is 0. The highest BCUT2D eigenvalue weighted by Crippen LogP contribution is 2.43. The lowest BCUT2D eigenvalue weighted by Gasteiger charge is -2.25. The van der Waals surface area contributed by atoms with Crippen molar-refractivity contribution in [2.75, 3.05) is 16.4 Å². The van der Waals surface area contributed by atoms with E-state index in [1.165, 1.54) is 11.0 Å². The van der Waals surface area contributed by atoms with E-state index in [0.29, 0.717) is 6.42 Å². The molecular formula is C21H18ClF3N2O3S2. The molecule has 2 saturated heterocycles.